The Morgan fingerprint density at radius 2 is 1.59 bits per heavy atom. The van der Waals surface area contributed by atoms with Crippen molar-refractivity contribution in [3.63, 3.8) is 0 Å². The number of methoxy groups -OCH3 is 1. The molecular weight excluding hydrogens is 505 g/mol. The maximum atomic E-state index is 12.4. The monoisotopic (exact) mass is 519 g/mol. The fourth-order valence-corrected chi connectivity index (χ4v) is 2.99. The van der Waals surface area contributed by atoms with Gasteiger partial charge in [0, 0.05) is 10.7 Å². The van der Waals surface area contributed by atoms with Crippen LogP contribution in [0, 0.1) is 0 Å². The van der Waals surface area contributed by atoms with Crippen molar-refractivity contribution in [2.24, 2.45) is 5.10 Å². The van der Waals surface area contributed by atoms with Crippen LogP contribution in [0.3, 0.4) is 0 Å². The molecule has 0 aliphatic carbocycles. The molecule has 2 N–H and O–H groups in total. The summed E-state index contributed by atoms with van der Waals surface area (Å²) in [5, 5.41) is 7.20. The van der Waals surface area contributed by atoms with E-state index in [1.165, 1.54) is 43.7 Å². The van der Waals surface area contributed by atoms with Gasteiger partial charge in [-0.3, -0.25) is 9.59 Å². The lowest BCUT2D eigenvalue weighted by Gasteiger charge is -2.10. The lowest BCUT2D eigenvalue weighted by molar-refractivity contribution is -0.136. The van der Waals surface area contributed by atoms with Gasteiger partial charge in [0.15, 0.2) is 11.5 Å². The third-order valence-electron chi connectivity index (χ3n) is 4.23. The Balaban J connectivity index is 1.61. The Morgan fingerprint density at radius 1 is 0.853 bits per heavy atom. The van der Waals surface area contributed by atoms with Gasteiger partial charge in [-0.05, 0) is 66.2 Å². The smallest absolute Gasteiger partial charge is 0.343 e. The Labute approximate surface area is 209 Å². The fourth-order valence-electron chi connectivity index (χ4n) is 2.57. The number of carbonyl (C=O) groups is 3. The maximum Gasteiger partial charge on any atom is 0.343 e. The first-order valence-electron chi connectivity index (χ1n) is 9.52. The van der Waals surface area contributed by atoms with Gasteiger partial charge in [0.25, 0.3) is 0 Å². The van der Waals surface area contributed by atoms with Crippen molar-refractivity contribution in [3.8, 4) is 11.5 Å². The zero-order valence-electron chi connectivity index (χ0n) is 17.5. The van der Waals surface area contributed by atoms with E-state index in [0.717, 1.165) is 0 Å². The third kappa shape index (κ3) is 6.71. The molecule has 3 aromatic rings. The van der Waals surface area contributed by atoms with Gasteiger partial charge in [-0.15, -0.1) is 0 Å². The van der Waals surface area contributed by atoms with Gasteiger partial charge in [-0.1, -0.05) is 34.8 Å². The molecule has 0 radical (unpaired) electrons. The minimum absolute atomic E-state index is 0.155. The summed E-state index contributed by atoms with van der Waals surface area (Å²) in [6.07, 6.45) is 1.29. The highest BCUT2D eigenvalue weighted by Crippen LogP contribution is 2.29. The standard InChI is InChI=1S/C23H16Cl3N3O5/c1-33-20-10-13(2-9-19(20)34-23(32)14-3-8-17(25)18(26)11-14)12-27-29-22(31)21(30)28-16-6-4-15(24)5-7-16/h2-12H,1H3,(H,28,30)(H,29,31)/b27-12-. The van der Waals surface area contributed by atoms with Crippen LogP contribution in [-0.4, -0.2) is 31.1 Å². The molecule has 0 saturated carbocycles. The molecule has 3 aromatic carbocycles. The molecule has 0 aliphatic heterocycles. The highest BCUT2D eigenvalue weighted by molar-refractivity contribution is 6.42. The van der Waals surface area contributed by atoms with Gasteiger partial charge in [-0.2, -0.15) is 5.10 Å². The van der Waals surface area contributed by atoms with E-state index in [-0.39, 0.29) is 22.1 Å². The Bertz CT molecular complexity index is 1260. The van der Waals surface area contributed by atoms with Crippen molar-refractivity contribution >= 4 is 64.5 Å². The van der Waals surface area contributed by atoms with Crippen molar-refractivity contribution < 1.29 is 23.9 Å². The number of halogens is 3. The average molecular weight is 521 g/mol. The van der Waals surface area contributed by atoms with Crippen LogP contribution >= 0.6 is 34.8 Å². The third-order valence-corrected chi connectivity index (χ3v) is 5.22. The summed E-state index contributed by atoms with van der Waals surface area (Å²) in [6, 6.07) is 15.2. The van der Waals surface area contributed by atoms with E-state index in [4.69, 9.17) is 44.3 Å². The van der Waals surface area contributed by atoms with Crippen molar-refractivity contribution in [3.05, 3.63) is 86.9 Å². The molecule has 11 heteroatoms. The number of hydrogen-bond donors (Lipinski definition) is 2. The highest BCUT2D eigenvalue weighted by Gasteiger charge is 2.15. The van der Waals surface area contributed by atoms with Crippen LogP contribution in [0.25, 0.3) is 0 Å². The summed E-state index contributed by atoms with van der Waals surface area (Å²) in [5.74, 6) is -2.13. The van der Waals surface area contributed by atoms with Crippen LogP contribution in [0.5, 0.6) is 11.5 Å². The van der Waals surface area contributed by atoms with Crippen LogP contribution in [0.2, 0.25) is 15.1 Å². The molecule has 0 fully saturated rings. The predicted molar refractivity (Wildman–Crippen MR) is 130 cm³/mol. The molecule has 0 unspecified atom stereocenters. The number of hydrazone groups is 1. The summed E-state index contributed by atoms with van der Waals surface area (Å²) >= 11 is 17.6. The van der Waals surface area contributed by atoms with Crippen molar-refractivity contribution in [2.45, 2.75) is 0 Å². The molecule has 0 saturated heterocycles. The van der Waals surface area contributed by atoms with Gasteiger partial charge in [-0.25, -0.2) is 10.2 Å². The molecule has 174 valence electrons. The minimum Gasteiger partial charge on any atom is -0.493 e. The molecule has 8 nitrogen and oxygen atoms in total. The molecular formula is C23H16Cl3N3O5. The van der Waals surface area contributed by atoms with Gasteiger partial charge in [0.1, 0.15) is 0 Å². The lowest BCUT2D eigenvalue weighted by atomic mass is 10.2. The summed E-state index contributed by atoms with van der Waals surface area (Å²) in [7, 11) is 1.40. The first-order valence-corrected chi connectivity index (χ1v) is 10.7. The summed E-state index contributed by atoms with van der Waals surface area (Å²) in [5.41, 5.74) is 3.24. The number of carbonyl (C=O) groups excluding carboxylic acids is 3. The van der Waals surface area contributed by atoms with E-state index in [2.05, 4.69) is 15.8 Å². The number of esters is 1. The fraction of sp³-hybridized carbons (Fsp3) is 0.0435. The molecule has 0 atom stereocenters. The van der Waals surface area contributed by atoms with E-state index >= 15 is 0 Å². The number of nitrogens with one attached hydrogen (secondary N) is 2. The number of hydrogen-bond acceptors (Lipinski definition) is 6. The van der Waals surface area contributed by atoms with Crippen LogP contribution < -0.4 is 20.2 Å². The molecule has 3 rings (SSSR count). The predicted octanol–water partition coefficient (Wildman–Crippen LogP) is 4.96. The quantitative estimate of drug-likeness (QED) is 0.157. The van der Waals surface area contributed by atoms with Crippen molar-refractivity contribution in [2.75, 3.05) is 12.4 Å². The van der Waals surface area contributed by atoms with E-state index in [1.807, 2.05) is 0 Å². The highest BCUT2D eigenvalue weighted by atomic mass is 35.5. The molecule has 0 bridgehead atoms. The normalized spacial score (nSPS) is 10.6. The van der Waals surface area contributed by atoms with Gasteiger partial charge in [0.2, 0.25) is 0 Å². The Kier molecular flexibility index (Phi) is 8.48. The van der Waals surface area contributed by atoms with Crippen molar-refractivity contribution in [1.29, 1.82) is 0 Å². The molecule has 34 heavy (non-hydrogen) atoms. The number of amides is 2. The largest absolute Gasteiger partial charge is 0.493 e. The zero-order valence-corrected chi connectivity index (χ0v) is 19.7. The second kappa shape index (κ2) is 11.5. The second-order valence-electron chi connectivity index (χ2n) is 6.59. The van der Waals surface area contributed by atoms with E-state index in [9.17, 15) is 14.4 Å². The van der Waals surface area contributed by atoms with Gasteiger partial charge >= 0.3 is 17.8 Å². The number of anilines is 1. The van der Waals surface area contributed by atoms with Gasteiger partial charge < -0.3 is 14.8 Å². The molecule has 0 spiro atoms. The minimum atomic E-state index is -0.967. The number of rotatable bonds is 6. The summed E-state index contributed by atoms with van der Waals surface area (Å²) < 4.78 is 10.6. The van der Waals surface area contributed by atoms with Crippen LogP contribution in [0.4, 0.5) is 5.69 Å². The van der Waals surface area contributed by atoms with Crippen molar-refractivity contribution in [1.82, 2.24) is 5.43 Å². The van der Waals surface area contributed by atoms with E-state index in [1.54, 1.807) is 30.3 Å². The van der Waals surface area contributed by atoms with E-state index in [0.29, 0.717) is 21.3 Å². The topological polar surface area (TPSA) is 106 Å². The molecule has 2 amide bonds. The van der Waals surface area contributed by atoms with Crippen LogP contribution in [0.1, 0.15) is 15.9 Å². The van der Waals surface area contributed by atoms with E-state index < -0.39 is 17.8 Å². The first-order chi connectivity index (χ1) is 16.3. The first kappa shape index (κ1) is 25.0. The Morgan fingerprint density at radius 3 is 2.26 bits per heavy atom. The molecule has 0 heterocycles. The second-order valence-corrected chi connectivity index (χ2v) is 7.84. The average Bonchev–Trinajstić information content (AvgIpc) is 2.82. The maximum absolute atomic E-state index is 12.4. The molecule has 0 aromatic heterocycles. The molecule has 0 aliphatic rings. The van der Waals surface area contributed by atoms with Crippen LogP contribution in [0.15, 0.2) is 65.8 Å². The summed E-state index contributed by atoms with van der Waals surface area (Å²) in [4.78, 5) is 36.2. The zero-order chi connectivity index (χ0) is 24.7. The summed E-state index contributed by atoms with van der Waals surface area (Å²) in [6.45, 7) is 0. The Hall–Kier alpha value is -3.59. The number of nitrogens with zero attached hydrogens (tertiary/aromatic N) is 1. The van der Waals surface area contributed by atoms with Crippen LogP contribution in [-0.2, 0) is 9.59 Å². The number of ether oxygens (including phenoxy) is 2. The lowest BCUT2D eigenvalue weighted by Crippen LogP contribution is -2.32. The van der Waals surface area contributed by atoms with Gasteiger partial charge in [0.05, 0.1) is 28.9 Å². The number of benzene rings is 3. The SMILES string of the molecule is COc1cc(/C=N\NC(=O)C(=O)Nc2ccc(Cl)cc2)ccc1OC(=O)c1ccc(Cl)c(Cl)c1.